The maximum atomic E-state index is 12.8. The van der Waals surface area contributed by atoms with Gasteiger partial charge in [-0.1, -0.05) is 12.1 Å². The highest BCUT2D eigenvalue weighted by atomic mass is 32.1. The third-order valence-electron chi connectivity index (χ3n) is 5.26. The van der Waals surface area contributed by atoms with Gasteiger partial charge in [0.25, 0.3) is 5.91 Å². The molecule has 6 heteroatoms. The summed E-state index contributed by atoms with van der Waals surface area (Å²) in [7, 11) is 0. The maximum Gasteiger partial charge on any atom is 0.276 e. The number of likely N-dealkylation sites (tertiary alicyclic amines) is 1. The van der Waals surface area contributed by atoms with Crippen molar-refractivity contribution in [2.24, 2.45) is 0 Å². The van der Waals surface area contributed by atoms with Gasteiger partial charge >= 0.3 is 0 Å². The van der Waals surface area contributed by atoms with E-state index >= 15 is 0 Å². The molecule has 23 heavy (non-hydrogen) atoms. The van der Waals surface area contributed by atoms with Gasteiger partial charge in [0.05, 0.1) is 5.01 Å². The topological polar surface area (TPSA) is 59.2 Å². The van der Waals surface area contributed by atoms with E-state index in [4.69, 9.17) is 4.52 Å². The van der Waals surface area contributed by atoms with Crippen LogP contribution in [-0.4, -0.2) is 34.0 Å². The summed E-state index contributed by atoms with van der Waals surface area (Å²) in [5, 5.41) is 7.29. The number of amides is 1. The Morgan fingerprint density at radius 3 is 2.83 bits per heavy atom. The SMILES string of the molecule is CC1(c2nccs2)CCN(C(=O)c2noc3c2CCCC3)CC1. The van der Waals surface area contributed by atoms with Gasteiger partial charge in [0, 0.05) is 42.1 Å². The van der Waals surface area contributed by atoms with E-state index in [1.54, 1.807) is 11.3 Å². The lowest BCUT2D eigenvalue weighted by Crippen LogP contribution is -2.44. The van der Waals surface area contributed by atoms with E-state index in [2.05, 4.69) is 17.1 Å². The first kappa shape index (κ1) is 14.9. The van der Waals surface area contributed by atoms with Gasteiger partial charge in [0.1, 0.15) is 5.76 Å². The fraction of sp³-hybridized carbons (Fsp3) is 0.588. The van der Waals surface area contributed by atoms with Crippen LogP contribution in [-0.2, 0) is 18.3 Å². The summed E-state index contributed by atoms with van der Waals surface area (Å²) in [6, 6.07) is 0. The number of carbonyl (C=O) groups is 1. The average molecular weight is 331 g/mol. The molecule has 0 radical (unpaired) electrons. The number of piperidine rings is 1. The smallest absolute Gasteiger partial charge is 0.276 e. The highest BCUT2D eigenvalue weighted by Crippen LogP contribution is 2.36. The Morgan fingerprint density at radius 1 is 1.30 bits per heavy atom. The van der Waals surface area contributed by atoms with E-state index in [0.29, 0.717) is 5.69 Å². The molecule has 1 aliphatic carbocycles. The Morgan fingerprint density at radius 2 is 2.09 bits per heavy atom. The molecule has 0 aromatic carbocycles. The van der Waals surface area contributed by atoms with E-state index in [-0.39, 0.29) is 11.3 Å². The van der Waals surface area contributed by atoms with Gasteiger partial charge in [-0.3, -0.25) is 4.79 Å². The number of aryl methyl sites for hydroxylation is 1. The van der Waals surface area contributed by atoms with Gasteiger partial charge in [-0.2, -0.15) is 0 Å². The van der Waals surface area contributed by atoms with Gasteiger partial charge in [0.15, 0.2) is 5.69 Å². The maximum absolute atomic E-state index is 12.8. The molecule has 2 aliphatic rings. The van der Waals surface area contributed by atoms with E-state index in [1.807, 2.05) is 16.5 Å². The van der Waals surface area contributed by atoms with Crippen LogP contribution in [0.4, 0.5) is 0 Å². The second-order valence-electron chi connectivity index (χ2n) is 6.83. The third-order valence-corrected chi connectivity index (χ3v) is 6.33. The van der Waals surface area contributed by atoms with Crippen molar-refractivity contribution in [2.75, 3.05) is 13.1 Å². The number of thiazole rings is 1. The van der Waals surface area contributed by atoms with Gasteiger partial charge in [-0.05, 0) is 32.1 Å². The molecule has 1 aliphatic heterocycles. The van der Waals surface area contributed by atoms with Crippen molar-refractivity contribution in [2.45, 2.75) is 50.9 Å². The van der Waals surface area contributed by atoms with Crippen molar-refractivity contribution in [3.63, 3.8) is 0 Å². The fourth-order valence-electron chi connectivity index (χ4n) is 3.64. The predicted molar refractivity (Wildman–Crippen MR) is 87.7 cm³/mol. The summed E-state index contributed by atoms with van der Waals surface area (Å²) < 4.78 is 5.39. The van der Waals surface area contributed by atoms with Crippen molar-refractivity contribution in [3.8, 4) is 0 Å². The van der Waals surface area contributed by atoms with Crippen molar-refractivity contribution >= 4 is 17.2 Å². The molecular formula is C17H21N3O2S. The lowest BCUT2D eigenvalue weighted by atomic mass is 9.81. The molecular weight excluding hydrogens is 310 g/mol. The van der Waals surface area contributed by atoms with Gasteiger partial charge in [-0.25, -0.2) is 4.98 Å². The van der Waals surface area contributed by atoms with Gasteiger partial charge in [0.2, 0.25) is 0 Å². The van der Waals surface area contributed by atoms with Crippen LogP contribution in [0.2, 0.25) is 0 Å². The molecule has 1 saturated heterocycles. The number of hydrogen-bond acceptors (Lipinski definition) is 5. The highest BCUT2D eigenvalue weighted by molar-refractivity contribution is 7.09. The Hall–Kier alpha value is -1.69. The predicted octanol–water partition coefficient (Wildman–Crippen LogP) is 3.20. The Kier molecular flexibility index (Phi) is 3.71. The number of fused-ring (bicyclic) bond motifs is 1. The lowest BCUT2D eigenvalue weighted by Gasteiger charge is -2.38. The van der Waals surface area contributed by atoms with Crippen LogP contribution in [0.1, 0.15) is 59.4 Å². The second-order valence-corrected chi connectivity index (χ2v) is 7.72. The molecule has 0 bridgehead atoms. The molecule has 0 N–H and O–H groups in total. The van der Waals surface area contributed by atoms with E-state index in [9.17, 15) is 4.79 Å². The summed E-state index contributed by atoms with van der Waals surface area (Å²) in [5.74, 6) is 0.960. The van der Waals surface area contributed by atoms with E-state index in [0.717, 1.165) is 62.9 Å². The standard InChI is InChI=1S/C17H21N3O2S/c1-17(16-18-8-11-23-16)6-9-20(10-7-17)15(21)14-12-4-2-3-5-13(12)22-19-14/h8,11H,2-7,9-10H2,1H3. The van der Waals surface area contributed by atoms with E-state index in [1.165, 1.54) is 5.01 Å². The van der Waals surface area contributed by atoms with Gasteiger partial charge < -0.3 is 9.42 Å². The molecule has 3 heterocycles. The first-order valence-corrected chi connectivity index (χ1v) is 9.22. The van der Waals surface area contributed by atoms with Crippen molar-refractivity contribution in [3.05, 3.63) is 33.6 Å². The number of hydrogen-bond donors (Lipinski definition) is 0. The monoisotopic (exact) mass is 331 g/mol. The molecule has 0 atom stereocenters. The van der Waals surface area contributed by atoms with Gasteiger partial charge in [-0.15, -0.1) is 11.3 Å². The molecule has 5 nitrogen and oxygen atoms in total. The quantitative estimate of drug-likeness (QED) is 0.848. The lowest BCUT2D eigenvalue weighted by molar-refractivity contribution is 0.0664. The Labute approximate surface area is 139 Å². The van der Waals surface area contributed by atoms with Crippen LogP contribution >= 0.6 is 11.3 Å². The minimum absolute atomic E-state index is 0.0399. The highest BCUT2D eigenvalue weighted by Gasteiger charge is 2.37. The molecule has 122 valence electrons. The molecule has 4 rings (SSSR count). The summed E-state index contributed by atoms with van der Waals surface area (Å²) in [4.78, 5) is 19.2. The fourth-order valence-corrected chi connectivity index (χ4v) is 4.50. The van der Waals surface area contributed by atoms with Crippen LogP contribution in [0.5, 0.6) is 0 Å². The normalized spacial score (nSPS) is 20.3. The first-order chi connectivity index (χ1) is 11.2. The van der Waals surface area contributed by atoms with Crippen LogP contribution in [0.3, 0.4) is 0 Å². The van der Waals surface area contributed by atoms with Crippen molar-refractivity contribution < 1.29 is 9.32 Å². The zero-order chi connectivity index (χ0) is 15.9. The summed E-state index contributed by atoms with van der Waals surface area (Å²) in [6.45, 7) is 3.78. The molecule has 0 spiro atoms. The van der Waals surface area contributed by atoms with Crippen LogP contribution in [0, 0.1) is 0 Å². The largest absolute Gasteiger partial charge is 0.360 e. The average Bonchev–Trinajstić information content (AvgIpc) is 3.25. The minimum Gasteiger partial charge on any atom is -0.360 e. The van der Waals surface area contributed by atoms with Crippen molar-refractivity contribution in [1.82, 2.24) is 15.0 Å². The number of carbonyl (C=O) groups excluding carboxylic acids is 1. The Balaban J connectivity index is 1.48. The van der Waals surface area contributed by atoms with Crippen LogP contribution < -0.4 is 0 Å². The summed E-state index contributed by atoms with van der Waals surface area (Å²) in [6.07, 6.45) is 7.85. The molecule has 1 fully saturated rings. The zero-order valence-corrected chi connectivity index (χ0v) is 14.2. The molecule has 0 saturated carbocycles. The second kappa shape index (κ2) is 5.74. The Bertz CT molecular complexity index is 700. The molecule has 1 amide bonds. The van der Waals surface area contributed by atoms with Crippen LogP contribution in [0.15, 0.2) is 16.1 Å². The van der Waals surface area contributed by atoms with Crippen molar-refractivity contribution in [1.29, 1.82) is 0 Å². The summed E-state index contributed by atoms with van der Waals surface area (Å²) >= 11 is 1.71. The number of nitrogens with zero attached hydrogens (tertiary/aromatic N) is 3. The van der Waals surface area contributed by atoms with E-state index < -0.39 is 0 Å². The van der Waals surface area contributed by atoms with Crippen LogP contribution in [0.25, 0.3) is 0 Å². The number of aromatic nitrogens is 2. The third kappa shape index (κ3) is 2.59. The molecule has 2 aromatic heterocycles. The number of rotatable bonds is 2. The zero-order valence-electron chi connectivity index (χ0n) is 13.4. The summed E-state index contributed by atoms with van der Waals surface area (Å²) in [5.41, 5.74) is 1.70. The minimum atomic E-state index is 0.0399. The molecule has 0 unspecified atom stereocenters. The first-order valence-electron chi connectivity index (χ1n) is 8.34. The molecule has 2 aromatic rings.